The van der Waals surface area contributed by atoms with Crippen molar-refractivity contribution in [2.24, 2.45) is 5.92 Å². The summed E-state index contributed by atoms with van der Waals surface area (Å²) in [6.45, 7) is 3.96. The van der Waals surface area contributed by atoms with Crippen LogP contribution in [0.3, 0.4) is 0 Å². The molecule has 1 aliphatic heterocycles. The molecule has 16 heavy (non-hydrogen) atoms. The fourth-order valence-electron chi connectivity index (χ4n) is 2.41. The fourth-order valence-corrected chi connectivity index (χ4v) is 2.41. The Kier molecular flexibility index (Phi) is 4.97. The van der Waals surface area contributed by atoms with Crippen LogP contribution in [-0.4, -0.2) is 19.4 Å². The van der Waals surface area contributed by atoms with E-state index in [9.17, 15) is 4.79 Å². The van der Waals surface area contributed by atoms with E-state index in [2.05, 4.69) is 36.5 Å². The van der Waals surface area contributed by atoms with Crippen molar-refractivity contribution in [1.82, 2.24) is 5.32 Å². The van der Waals surface area contributed by atoms with Gasteiger partial charge in [-0.25, -0.2) is 0 Å². The standard InChI is InChI=1S/C13H17NO.ClH/c1-10-4-2-3-5-12(10)13-6-7-14-8-11(13)9-15;/h2-5,9,11,13-14H,6-8H2,1H3;1H/t11-,13-;/m0./s1. The molecule has 0 unspecified atom stereocenters. The molecular weight excluding hydrogens is 222 g/mol. The Bertz CT molecular complexity index is 354. The molecule has 3 heteroatoms. The van der Waals surface area contributed by atoms with Gasteiger partial charge >= 0.3 is 0 Å². The van der Waals surface area contributed by atoms with Gasteiger partial charge in [0.25, 0.3) is 0 Å². The van der Waals surface area contributed by atoms with E-state index < -0.39 is 0 Å². The number of nitrogens with one attached hydrogen (secondary N) is 1. The number of carbonyl (C=O) groups is 1. The second-order valence-electron chi connectivity index (χ2n) is 4.26. The van der Waals surface area contributed by atoms with E-state index in [1.54, 1.807) is 0 Å². The topological polar surface area (TPSA) is 29.1 Å². The van der Waals surface area contributed by atoms with Gasteiger partial charge in [-0.15, -0.1) is 12.4 Å². The van der Waals surface area contributed by atoms with Crippen molar-refractivity contribution in [3.05, 3.63) is 35.4 Å². The van der Waals surface area contributed by atoms with E-state index >= 15 is 0 Å². The number of aldehydes is 1. The molecule has 0 saturated carbocycles. The van der Waals surface area contributed by atoms with Gasteiger partial charge in [0.15, 0.2) is 0 Å². The fraction of sp³-hybridized carbons (Fsp3) is 0.462. The molecular formula is C13H18ClNO. The van der Waals surface area contributed by atoms with Crippen LogP contribution in [0.5, 0.6) is 0 Å². The molecule has 2 atom stereocenters. The number of carbonyl (C=O) groups excluding carboxylic acids is 1. The molecule has 1 aromatic carbocycles. The number of rotatable bonds is 2. The molecule has 1 heterocycles. The zero-order chi connectivity index (χ0) is 10.7. The van der Waals surface area contributed by atoms with Crippen molar-refractivity contribution in [3.8, 4) is 0 Å². The first kappa shape index (κ1) is 13.2. The molecule has 88 valence electrons. The third-order valence-corrected chi connectivity index (χ3v) is 3.29. The zero-order valence-electron chi connectivity index (χ0n) is 9.48. The predicted octanol–water partition coefficient (Wildman–Crippen LogP) is 2.31. The number of aryl methyl sites for hydroxylation is 1. The summed E-state index contributed by atoms with van der Waals surface area (Å²) in [7, 11) is 0. The van der Waals surface area contributed by atoms with Crippen LogP contribution in [0, 0.1) is 12.8 Å². The van der Waals surface area contributed by atoms with Gasteiger partial charge in [-0.3, -0.25) is 0 Å². The molecule has 1 fully saturated rings. The van der Waals surface area contributed by atoms with Gasteiger partial charge < -0.3 is 10.1 Å². The molecule has 1 aliphatic rings. The molecule has 2 nitrogen and oxygen atoms in total. The minimum absolute atomic E-state index is 0. The molecule has 2 rings (SSSR count). The van der Waals surface area contributed by atoms with Gasteiger partial charge in [-0.1, -0.05) is 24.3 Å². The molecule has 0 bridgehead atoms. The Labute approximate surface area is 103 Å². The number of hydrogen-bond donors (Lipinski definition) is 1. The lowest BCUT2D eigenvalue weighted by Gasteiger charge is -2.29. The number of piperidine rings is 1. The maximum absolute atomic E-state index is 11.0. The third-order valence-electron chi connectivity index (χ3n) is 3.29. The lowest BCUT2D eigenvalue weighted by Crippen LogP contribution is -2.36. The highest BCUT2D eigenvalue weighted by Crippen LogP contribution is 2.30. The van der Waals surface area contributed by atoms with Gasteiger partial charge in [0.1, 0.15) is 6.29 Å². The Balaban J connectivity index is 0.00000128. The minimum atomic E-state index is 0. The van der Waals surface area contributed by atoms with Gasteiger partial charge in [0.05, 0.1) is 0 Å². The Hall–Kier alpha value is -0.860. The van der Waals surface area contributed by atoms with Crippen LogP contribution in [-0.2, 0) is 4.79 Å². The van der Waals surface area contributed by atoms with Gasteiger partial charge in [0, 0.05) is 12.5 Å². The van der Waals surface area contributed by atoms with Crippen LogP contribution in [0.2, 0.25) is 0 Å². The van der Waals surface area contributed by atoms with Crippen molar-refractivity contribution in [1.29, 1.82) is 0 Å². The highest BCUT2D eigenvalue weighted by Gasteiger charge is 2.26. The summed E-state index contributed by atoms with van der Waals surface area (Å²) >= 11 is 0. The summed E-state index contributed by atoms with van der Waals surface area (Å²) in [5, 5.41) is 3.27. The quantitative estimate of drug-likeness (QED) is 0.803. The van der Waals surface area contributed by atoms with Crippen molar-refractivity contribution >= 4 is 18.7 Å². The molecule has 0 spiro atoms. The second kappa shape index (κ2) is 6.02. The van der Waals surface area contributed by atoms with E-state index in [1.165, 1.54) is 11.1 Å². The number of hydrogen-bond acceptors (Lipinski definition) is 2. The summed E-state index contributed by atoms with van der Waals surface area (Å²) in [5.74, 6) is 0.546. The normalized spacial score (nSPS) is 24.6. The molecule has 0 aliphatic carbocycles. The van der Waals surface area contributed by atoms with Crippen molar-refractivity contribution in [3.63, 3.8) is 0 Å². The first-order valence-corrected chi connectivity index (χ1v) is 5.54. The Morgan fingerprint density at radius 1 is 1.38 bits per heavy atom. The maximum Gasteiger partial charge on any atom is 0.124 e. The van der Waals surface area contributed by atoms with Gasteiger partial charge in [-0.05, 0) is 36.9 Å². The van der Waals surface area contributed by atoms with Gasteiger partial charge in [0.2, 0.25) is 0 Å². The first-order valence-electron chi connectivity index (χ1n) is 5.54. The minimum Gasteiger partial charge on any atom is -0.316 e. The highest BCUT2D eigenvalue weighted by atomic mass is 35.5. The summed E-state index contributed by atoms with van der Waals surface area (Å²) in [5.41, 5.74) is 2.65. The Morgan fingerprint density at radius 2 is 2.12 bits per heavy atom. The smallest absolute Gasteiger partial charge is 0.124 e. The predicted molar refractivity (Wildman–Crippen MR) is 68.2 cm³/mol. The SMILES string of the molecule is Cc1ccccc1[C@H]1CCNC[C@H]1C=O.Cl. The van der Waals surface area contributed by atoms with Crippen molar-refractivity contribution in [2.45, 2.75) is 19.3 Å². The molecule has 0 amide bonds. The molecule has 1 aromatic rings. The maximum atomic E-state index is 11.0. The summed E-state index contributed by atoms with van der Waals surface area (Å²) in [6, 6.07) is 8.39. The third kappa shape index (κ3) is 2.63. The van der Waals surface area contributed by atoms with Crippen LogP contribution in [0.1, 0.15) is 23.5 Å². The van der Waals surface area contributed by atoms with Crippen LogP contribution in [0.4, 0.5) is 0 Å². The van der Waals surface area contributed by atoms with E-state index in [4.69, 9.17) is 0 Å². The van der Waals surface area contributed by atoms with E-state index in [-0.39, 0.29) is 18.3 Å². The average molecular weight is 240 g/mol. The van der Waals surface area contributed by atoms with Crippen LogP contribution >= 0.6 is 12.4 Å². The van der Waals surface area contributed by atoms with Crippen LogP contribution < -0.4 is 5.32 Å². The largest absolute Gasteiger partial charge is 0.316 e. The first-order chi connectivity index (χ1) is 7.33. The number of benzene rings is 1. The molecule has 1 saturated heterocycles. The number of halogens is 1. The van der Waals surface area contributed by atoms with Crippen LogP contribution in [0.15, 0.2) is 24.3 Å². The van der Waals surface area contributed by atoms with E-state index in [0.717, 1.165) is 25.8 Å². The lowest BCUT2D eigenvalue weighted by molar-refractivity contribution is -0.112. The second-order valence-corrected chi connectivity index (χ2v) is 4.26. The molecule has 0 aromatic heterocycles. The van der Waals surface area contributed by atoms with E-state index in [0.29, 0.717) is 5.92 Å². The lowest BCUT2D eigenvalue weighted by atomic mass is 9.80. The molecule has 0 radical (unpaired) electrons. The molecule has 1 N–H and O–H groups in total. The highest BCUT2D eigenvalue weighted by molar-refractivity contribution is 5.85. The summed E-state index contributed by atoms with van der Waals surface area (Å²) < 4.78 is 0. The average Bonchev–Trinajstić information content (AvgIpc) is 2.30. The summed E-state index contributed by atoms with van der Waals surface area (Å²) in [6.07, 6.45) is 2.16. The van der Waals surface area contributed by atoms with Crippen molar-refractivity contribution < 1.29 is 4.79 Å². The monoisotopic (exact) mass is 239 g/mol. The Morgan fingerprint density at radius 3 is 2.81 bits per heavy atom. The van der Waals surface area contributed by atoms with E-state index in [1.807, 2.05) is 0 Å². The zero-order valence-corrected chi connectivity index (χ0v) is 10.3. The summed E-state index contributed by atoms with van der Waals surface area (Å²) in [4.78, 5) is 11.0. The van der Waals surface area contributed by atoms with Crippen LogP contribution in [0.25, 0.3) is 0 Å². The van der Waals surface area contributed by atoms with Gasteiger partial charge in [-0.2, -0.15) is 0 Å². The van der Waals surface area contributed by atoms with Crippen molar-refractivity contribution in [2.75, 3.05) is 13.1 Å².